The first-order valence-electron chi connectivity index (χ1n) is 2.53. The van der Waals surface area contributed by atoms with Crippen LogP contribution < -0.4 is 5.73 Å². The van der Waals surface area contributed by atoms with E-state index in [1.54, 1.807) is 0 Å². The van der Waals surface area contributed by atoms with E-state index in [2.05, 4.69) is 6.07 Å². The minimum Gasteiger partial charge on any atom is -0.420 e. The first kappa shape index (κ1) is 8.55. The van der Waals surface area contributed by atoms with Crippen LogP contribution in [0.1, 0.15) is 5.56 Å². The van der Waals surface area contributed by atoms with E-state index in [4.69, 9.17) is 5.73 Å². The number of hydrogen-bond donors (Lipinski definition) is 1. The summed E-state index contributed by atoms with van der Waals surface area (Å²) in [6.07, 6.45) is 0. The number of anilines is 1. The van der Waals surface area contributed by atoms with Crippen molar-refractivity contribution in [3.05, 3.63) is 29.8 Å². The Morgan fingerprint density at radius 3 is 2.44 bits per heavy atom. The summed E-state index contributed by atoms with van der Waals surface area (Å²) in [5, 5.41) is 0. The molecule has 1 rings (SSSR count). The second kappa shape index (κ2) is 3.55. The average Bonchev–Trinajstić information content (AvgIpc) is 1.77. The molecule has 0 amide bonds. The van der Waals surface area contributed by atoms with Crippen LogP contribution in [-0.4, -0.2) is 0 Å². The summed E-state index contributed by atoms with van der Waals surface area (Å²) in [5.41, 5.74) is 7.27. The third kappa shape index (κ3) is 2.55. The molecule has 0 saturated carbocycles. The summed E-state index contributed by atoms with van der Waals surface area (Å²) in [7, 11) is 0. The summed E-state index contributed by atoms with van der Waals surface area (Å²) in [6, 6.07) is 8.55. The molecule has 2 heteroatoms. The monoisotopic (exact) mass is 158 g/mol. The van der Waals surface area contributed by atoms with E-state index in [9.17, 15) is 0 Å². The van der Waals surface area contributed by atoms with Crippen molar-refractivity contribution in [3.63, 3.8) is 0 Å². The van der Waals surface area contributed by atoms with E-state index < -0.39 is 0 Å². The number of rotatable bonds is 0. The van der Waals surface area contributed by atoms with Crippen LogP contribution in [0.15, 0.2) is 18.2 Å². The van der Waals surface area contributed by atoms with Crippen LogP contribution in [0.4, 0.5) is 5.69 Å². The van der Waals surface area contributed by atoms with E-state index in [0.717, 1.165) is 0 Å². The molecule has 0 heterocycles. The minimum absolute atomic E-state index is 0. The van der Waals surface area contributed by atoms with Gasteiger partial charge in [-0.25, -0.2) is 0 Å². The molecule has 0 atom stereocenters. The van der Waals surface area contributed by atoms with Gasteiger partial charge in [0.2, 0.25) is 0 Å². The Hall–Kier alpha value is -0.448. The summed E-state index contributed by atoms with van der Waals surface area (Å²) in [6.45, 7) is 2.01. The maximum Gasteiger partial charge on any atom is 0 e. The molecule has 0 aliphatic rings. The third-order valence-electron chi connectivity index (χ3n) is 0.992. The van der Waals surface area contributed by atoms with Crippen molar-refractivity contribution < 1.29 is 17.4 Å². The van der Waals surface area contributed by atoms with Crippen molar-refractivity contribution in [2.75, 3.05) is 5.73 Å². The molecule has 0 unspecified atom stereocenters. The molecule has 48 valence electrons. The van der Waals surface area contributed by atoms with Crippen molar-refractivity contribution in [1.29, 1.82) is 0 Å². The first-order valence-corrected chi connectivity index (χ1v) is 2.53. The topological polar surface area (TPSA) is 26.0 Å². The standard InChI is InChI=1S/C7H8N.Cr/c1-6-2-4-7(8)5-3-6;/h2-4H,8H2,1H3;/q-1;. The second-order valence-corrected chi connectivity index (χ2v) is 1.82. The fourth-order valence-corrected chi connectivity index (χ4v) is 0.515. The molecule has 0 aliphatic carbocycles. The van der Waals surface area contributed by atoms with E-state index in [-0.39, 0.29) is 17.4 Å². The molecule has 0 aliphatic heterocycles. The number of benzene rings is 1. The third-order valence-corrected chi connectivity index (χ3v) is 0.992. The first-order chi connectivity index (χ1) is 3.79. The molecule has 9 heavy (non-hydrogen) atoms. The SMILES string of the molecule is Cc1c[c-]c(N)cc1.[Cr]. The van der Waals surface area contributed by atoms with Gasteiger partial charge in [-0.15, -0.1) is 6.07 Å². The van der Waals surface area contributed by atoms with Crippen molar-refractivity contribution in [2.45, 2.75) is 6.92 Å². The molecular formula is C7H8CrN-. The molecule has 1 aromatic carbocycles. The maximum atomic E-state index is 5.37. The van der Waals surface area contributed by atoms with Gasteiger partial charge in [0, 0.05) is 17.4 Å². The molecular weight excluding hydrogens is 150 g/mol. The van der Waals surface area contributed by atoms with Gasteiger partial charge in [-0.1, -0.05) is 12.6 Å². The van der Waals surface area contributed by atoms with Gasteiger partial charge in [0.25, 0.3) is 0 Å². The van der Waals surface area contributed by atoms with Crippen LogP contribution in [0.25, 0.3) is 0 Å². The van der Waals surface area contributed by atoms with Crippen LogP contribution in [0.2, 0.25) is 0 Å². The zero-order chi connectivity index (χ0) is 5.98. The predicted octanol–water partition coefficient (Wildman–Crippen LogP) is 1.37. The van der Waals surface area contributed by atoms with Crippen LogP contribution >= 0.6 is 0 Å². The van der Waals surface area contributed by atoms with Crippen LogP contribution in [0, 0.1) is 13.0 Å². The fourth-order valence-electron chi connectivity index (χ4n) is 0.515. The fraction of sp³-hybridized carbons (Fsp3) is 0.143. The summed E-state index contributed by atoms with van der Waals surface area (Å²) in [4.78, 5) is 0. The van der Waals surface area contributed by atoms with Crippen molar-refractivity contribution >= 4 is 5.69 Å². The molecule has 0 aromatic heterocycles. The Bertz CT molecular complexity index is 148. The molecule has 1 aromatic rings. The normalized spacial score (nSPS) is 8.11. The molecule has 0 spiro atoms. The van der Waals surface area contributed by atoms with Gasteiger partial charge in [0.15, 0.2) is 0 Å². The molecule has 0 radical (unpaired) electrons. The van der Waals surface area contributed by atoms with Gasteiger partial charge in [0.1, 0.15) is 0 Å². The Kier molecular flexibility index (Phi) is 3.38. The van der Waals surface area contributed by atoms with E-state index in [0.29, 0.717) is 5.69 Å². The summed E-state index contributed by atoms with van der Waals surface area (Å²) >= 11 is 0. The van der Waals surface area contributed by atoms with E-state index in [1.807, 2.05) is 25.1 Å². The minimum atomic E-state index is 0. The maximum absolute atomic E-state index is 5.37. The largest absolute Gasteiger partial charge is 0.420 e. The second-order valence-electron chi connectivity index (χ2n) is 1.82. The molecule has 0 saturated heterocycles. The Balaban J connectivity index is 0.000000640. The summed E-state index contributed by atoms with van der Waals surface area (Å²) < 4.78 is 0. The smallest absolute Gasteiger partial charge is 0 e. The van der Waals surface area contributed by atoms with Gasteiger partial charge in [0.05, 0.1) is 0 Å². The number of hydrogen-bond acceptors (Lipinski definition) is 1. The predicted molar refractivity (Wildman–Crippen MR) is 34.4 cm³/mol. The van der Waals surface area contributed by atoms with Gasteiger partial charge < -0.3 is 5.73 Å². The molecule has 0 bridgehead atoms. The molecule has 2 N–H and O–H groups in total. The van der Waals surface area contributed by atoms with Gasteiger partial charge >= 0.3 is 0 Å². The number of nitrogens with two attached hydrogens (primary N) is 1. The van der Waals surface area contributed by atoms with Crippen molar-refractivity contribution in [2.24, 2.45) is 0 Å². The van der Waals surface area contributed by atoms with Gasteiger partial charge in [-0.3, -0.25) is 0 Å². The quantitative estimate of drug-likeness (QED) is 0.448. The van der Waals surface area contributed by atoms with E-state index in [1.165, 1.54) is 5.56 Å². The van der Waals surface area contributed by atoms with Gasteiger partial charge in [-0.05, 0) is 0 Å². The molecule has 1 nitrogen and oxygen atoms in total. The Morgan fingerprint density at radius 2 is 2.11 bits per heavy atom. The zero-order valence-electron chi connectivity index (χ0n) is 5.22. The molecule has 0 fully saturated rings. The Labute approximate surface area is 66.0 Å². The van der Waals surface area contributed by atoms with E-state index >= 15 is 0 Å². The van der Waals surface area contributed by atoms with Crippen LogP contribution in [0.5, 0.6) is 0 Å². The Morgan fingerprint density at radius 1 is 1.44 bits per heavy atom. The van der Waals surface area contributed by atoms with Gasteiger partial charge in [-0.2, -0.15) is 23.8 Å². The van der Waals surface area contributed by atoms with Crippen molar-refractivity contribution in [1.82, 2.24) is 0 Å². The van der Waals surface area contributed by atoms with Crippen LogP contribution in [-0.2, 0) is 17.4 Å². The number of nitrogen functional groups attached to an aromatic ring is 1. The number of aryl methyl sites for hydroxylation is 1. The average molecular weight is 158 g/mol. The van der Waals surface area contributed by atoms with Crippen molar-refractivity contribution in [3.8, 4) is 0 Å². The zero-order valence-corrected chi connectivity index (χ0v) is 6.49. The summed E-state index contributed by atoms with van der Waals surface area (Å²) in [5.74, 6) is 0. The van der Waals surface area contributed by atoms with Crippen LogP contribution in [0.3, 0.4) is 0 Å².